The lowest BCUT2D eigenvalue weighted by atomic mass is 10.1. The summed E-state index contributed by atoms with van der Waals surface area (Å²) in [7, 11) is 0. The van der Waals surface area contributed by atoms with Crippen LogP contribution in [0.25, 0.3) is 0 Å². The van der Waals surface area contributed by atoms with E-state index in [1.807, 2.05) is 12.2 Å². The van der Waals surface area contributed by atoms with Gasteiger partial charge in [0, 0.05) is 30.7 Å². The molecule has 92 valence electrons. The van der Waals surface area contributed by atoms with Gasteiger partial charge in [0.25, 0.3) is 0 Å². The predicted molar refractivity (Wildman–Crippen MR) is 61.3 cm³/mol. The third-order valence-electron chi connectivity index (χ3n) is 2.99. The number of nitrogens with one attached hydrogen (secondary N) is 1. The maximum absolute atomic E-state index is 13.3. The van der Waals surface area contributed by atoms with Gasteiger partial charge in [-0.15, -0.1) is 0 Å². The summed E-state index contributed by atoms with van der Waals surface area (Å²) < 4.78 is 26.3. The van der Waals surface area contributed by atoms with Crippen LogP contribution in [-0.4, -0.2) is 17.8 Å². The fourth-order valence-electron chi connectivity index (χ4n) is 1.99. The zero-order valence-electron chi connectivity index (χ0n) is 9.37. The molecule has 0 aromatic heterocycles. The molecule has 0 saturated heterocycles. The van der Waals surface area contributed by atoms with Crippen LogP contribution in [0.5, 0.6) is 0 Å². The summed E-state index contributed by atoms with van der Waals surface area (Å²) in [5, 5.41) is 12.1. The number of aliphatic hydroxyl groups is 1. The van der Waals surface area contributed by atoms with E-state index in [9.17, 15) is 8.78 Å². The highest BCUT2D eigenvalue weighted by Gasteiger charge is 2.18. The minimum Gasteiger partial charge on any atom is -0.396 e. The lowest BCUT2D eigenvalue weighted by molar-refractivity contribution is 0.246. The summed E-state index contributed by atoms with van der Waals surface area (Å²) >= 11 is 0. The molecule has 0 amide bonds. The van der Waals surface area contributed by atoms with Crippen molar-refractivity contribution < 1.29 is 13.9 Å². The number of halogens is 2. The molecule has 0 aliphatic heterocycles. The smallest absolute Gasteiger partial charge is 0.163 e. The normalized spacial score (nSPS) is 23.2. The Balaban J connectivity index is 1.91. The summed E-state index contributed by atoms with van der Waals surface area (Å²) in [5.74, 6) is -1.44. The Morgan fingerprint density at radius 2 is 2.12 bits per heavy atom. The Kier molecular flexibility index (Phi) is 3.86. The molecule has 1 aliphatic rings. The summed E-state index contributed by atoms with van der Waals surface area (Å²) in [6.45, 7) is 0.416. The van der Waals surface area contributed by atoms with Crippen molar-refractivity contribution in [3.05, 3.63) is 47.5 Å². The maximum atomic E-state index is 13.3. The number of benzene rings is 1. The topological polar surface area (TPSA) is 32.3 Å². The minimum atomic E-state index is -0.820. The SMILES string of the molecule is OC[C@H]1C=C[C@@H](NCc2cccc(F)c2F)C1. The van der Waals surface area contributed by atoms with E-state index >= 15 is 0 Å². The van der Waals surface area contributed by atoms with Gasteiger partial charge >= 0.3 is 0 Å². The van der Waals surface area contributed by atoms with Crippen LogP contribution in [0.15, 0.2) is 30.4 Å². The monoisotopic (exact) mass is 239 g/mol. The second-order valence-electron chi connectivity index (χ2n) is 4.26. The molecule has 4 heteroatoms. The standard InChI is InChI=1S/C13H15F2NO/c14-12-3-1-2-10(13(12)15)7-16-11-5-4-9(6-11)8-17/h1-5,9,11,16-17H,6-8H2/t9-,11+/m0/s1. The molecule has 2 nitrogen and oxygen atoms in total. The van der Waals surface area contributed by atoms with Crippen LogP contribution < -0.4 is 5.32 Å². The zero-order valence-corrected chi connectivity index (χ0v) is 9.37. The fourth-order valence-corrected chi connectivity index (χ4v) is 1.99. The Labute approximate surface area is 99.0 Å². The van der Waals surface area contributed by atoms with Gasteiger partial charge in [-0.1, -0.05) is 24.3 Å². The van der Waals surface area contributed by atoms with E-state index in [1.165, 1.54) is 6.07 Å². The van der Waals surface area contributed by atoms with Crippen molar-refractivity contribution in [3.8, 4) is 0 Å². The van der Waals surface area contributed by atoms with Gasteiger partial charge in [0.15, 0.2) is 11.6 Å². The minimum absolute atomic E-state index is 0.120. The van der Waals surface area contributed by atoms with Gasteiger partial charge in [-0.05, 0) is 12.5 Å². The molecule has 0 bridgehead atoms. The van der Waals surface area contributed by atoms with Crippen molar-refractivity contribution in [2.24, 2.45) is 5.92 Å². The van der Waals surface area contributed by atoms with Crippen molar-refractivity contribution in [1.29, 1.82) is 0 Å². The van der Waals surface area contributed by atoms with Gasteiger partial charge in [0.1, 0.15) is 0 Å². The second kappa shape index (κ2) is 5.38. The van der Waals surface area contributed by atoms with Crippen molar-refractivity contribution in [2.45, 2.75) is 19.0 Å². The lowest BCUT2D eigenvalue weighted by Crippen LogP contribution is -2.26. The number of rotatable bonds is 4. The molecular formula is C13H15F2NO. The molecule has 1 aliphatic carbocycles. The fraction of sp³-hybridized carbons (Fsp3) is 0.385. The quantitative estimate of drug-likeness (QED) is 0.788. The highest BCUT2D eigenvalue weighted by molar-refractivity contribution is 5.19. The van der Waals surface area contributed by atoms with E-state index < -0.39 is 11.6 Å². The predicted octanol–water partition coefficient (Wildman–Crippen LogP) is 1.99. The van der Waals surface area contributed by atoms with Crippen molar-refractivity contribution >= 4 is 0 Å². The van der Waals surface area contributed by atoms with Crippen LogP contribution in [-0.2, 0) is 6.54 Å². The average molecular weight is 239 g/mol. The summed E-state index contributed by atoms with van der Waals surface area (Å²) in [6, 6.07) is 4.29. The Morgan fingerprint density at radius 3 is 2.82 bits per heavy atom. The van der Waals surface area contributed by atoms with Gasteiger partial charge in [0.2, 0.25) is 0 Å². The molecule has 2 atom stereocenters. The first kappa shape index (κ1) is 12.2. The lowest BCUT2D eigenvalue weighted by Gasteiger charge is -2.13. The number of aliphatic hydroxyl groups excluding tert-OH is 1. The Hall–Kier alpha value is -1.26. The van der Waals surface area contributed by atoms with Crippen molar-refractivity contribution in [3.63, 3.8) is 0 Å². The molecule has 2 N–H and O–H groups in total. The summed E-state index contributed by atoms with van der Waals surface area (Å²) in [5.41, 5.74) is 0.325. The van der Waals surface area contributed by atoms with E-state index in [0.29, 0.717) is 5.56 Å². The molecule has 1 aromatic carbocycles. The Bertz CT molecular complexity index is 420. The van der Waals surface area contributed by atoms with Crippen LogP contribution in [0.1, 0.15) is 12.0 Å². The molecular weight excluding hydrogens is 224 g/mol. The summed E-state index contributed by atoms with van der Waals surface area (Å²) in [4.78, 5) is 0. The zero-order chi connectivity index (χ0) is 12.3. The van der Waals surface area contributed by atoms with Gasteiger partial charge < -0.3 is 10.4 Å². The highest BCUT2D eigenvalue weighted by Crippen LogP contribution is 2.18. The first-order chi connectivity index (χ1) is 8.20. The molecule has 0 radical (unpaired) electrons. The van der Waals surface area contributed by atoms with E-state index in [1.54, 1.807) is 6.07 Å². The molecule has 0 fully saturated rings. The first-order valence-corrected chi connectivity index (χ1v) is 5.66. The van der Waals surface area contributed by atoms with Crippen molar-refractivity contribution in [1.82, 2.24) is 5.32 Å². The summed E-state index contributed by atoms with van der Waals surface area (Å²) in [6.07, 6.45) is 4.70. The number of hydrogen-bond acceptors (Lipinski definition) is 2. The largest absolute Gasteiger partial charge is 0.396 e. The molecule has 2 rings (SSSR count). The molecule has 0 spiro atoms. The molecule has 1 aromatic rings. The molecule has 17 heavy (non-hydrogen) atoms. The molecule has 0 heterocycles. The average Bonchev–Trinajstić information content (AvgIpc) is 2.79. The van der Waals surface area contributed by atoms with Gasteiger partial charge in [0.05, 0.1) is 0 Å². The second-order valence-corrected chi connectivity index (χ2v) is 4.26. The first-order valence-electron chi connectivity index (χ1n) is 5.66. The van der Waals surface area contributed by atoms with Crippen LogP contribution in [0.3, 0.4) is 0 Å². The third kappa shape index (κ3) is 2.90. The van der Waals surface area contributed by atoms with Gasteiger partial charge in [-0.25, -0.2) is 8.78 Å². The van der Waals surface area contributed by atoms with Crippen molar-refractivity contribution in [2.75, 3.05) is 6.61 Å². The van der Waals surface area contributed by atoms with Gasteiger partial charge in [-0.3, -0.25) is 0 Å². The van der Waals surface area contributed by atoms with Crippen LogP contribution in [0.4, 0.5) is 8.78 Å². The molecule has 0 unspecified atom stereocenters. The van der Waals surface area contributed by atoms with Gasteiger partial charge in [-0.2, -0.15) is 0 Å². The maximum Gasteiger partial charge on any atom is 0.163 e. The third-order valence-corrected chi connectivity index (χ3v) is 2.99. The van der Waals surface area contributed by atoms with Crippen LogP contribution >= 0.6 is 0 Å². The van der Waals surface area contributed by atoms with Crippen LogP contribution in [0.2, 0.25) is 0 Å². The number of hydrogen-bond donors (Lipinski definition) is 2. The molecule has 0 saturated carbocycles. The van der Waals surface area contributed by atoms with E-state index in [4.69, 9.17) is 5.11 Å². The van der Waals surface area contributed by atoms with E-state index in [2.05, 4.69) is 5.32 Å². The van der Waals surface area contributed by atoms with E-state index in [0.717, 1.165) is 12.5 Å². The van der Waals surface area contributed by atoms with Crippen LogP contribution in [0, 0.1) is 17.6 Å². The highest BCUT2D eigenvalue weighted by atomic mass is 19.2. The van der Waals surface area contributed by atoms with E-state index in [-0.39, 0.29) is 25.1 Å². The Morgan fingerprint density at radius 1 is 1.29 bits per heavy atom.